The maximum absolute atomic E-state index is 6.29. The summed E-state index contributed by atoms with van der Waals surface area (Å²) < 4.78 is 5.83. The number of likely N-dealkylation sites (N-methyl/N-ethyl adjacent to an activating group) is 1. The summed E-state index contributed by atoms with van der Waals surface area (Å²) in [5, 5.41) is 3.92. The van der Waals surface area contributed by atoms with E-state index in [1.807, 2.05) is 39.3 Å². The Morgan fingerprint density at radius 3 is 2.47 bits per heavy atom. The summed E-state index contributed by atoms with van der Waals surface area (Å²) >= 11 is 6.29. The predicted octanol–water partition coefficient (Wildman–Crippen LogP) is 3.34. The highest BCUT2D eigenvalue weighted by Crippen LogP contribution is 2.27. The first-order valence-electron chi connectivity index (χ1n) is 6.55. The van der Waals surface area contributed by atoms with Gasteiger partial charge in [-0.05, 0) is 59.6 Å². The lowest BCUT2D eigenvalue weighted by molar-refractivity contribution is 0.114. The van der Waals surface area contributed by atoms with E-state index in [1.54, 1.807) is 0 Å². The van der Waals surface area contributed by atoms with Crippen molar-refractivity contribution in [2.75, 3.05) is 27.7 Å². The van der Waals surface area contributed by atoms with Crippen LogP contribution in [0.1, 0.15) is 32.4 Å². The first-order chi connectivity index (χ1) is 8.77. The van der Waals surface area contributed by atoms with E-state index in [0.29, 0.717) is 6.61 Å². The molecule has 1 aromatic carbocycles. The molecule has 0 spiro atoms. The standard InChI is InChI=1S/C15H25ClN2O/c1-11(17-4)13-8-7-12(9-14(13)16)19-10-15(2,3)18(5)6/h7-9,11,17H,10H2,1-6H3. The van der Waals surface area contributed by atoms with Crippen molar-refractivity contribution >= 4 is 11.6 Å². The average molecular weight is 285 g/mol. The van der Waals surface area contributed by atoms with E-state index in [-0.39, 0.29) is 11.6 Å². The molecule has 0 aliphatic heterocycles. The SMILES string of the molecule is CNC(C)c1ccc(OCC(C)(C)N(C)C)cc1Cl. The smallest absolute Gasteiger partial charge is 0.120 e. The highest BCUT2D eigenvalue weighted by atomic mass is 35.5. The number of hydrogen-bond acceptors (Lipinski definition) is 3. The fourth-order valence-corrected chi connectivity index (χ4v) is 1.83. The van der Waals surface area contributed by atoms with Gasteiger partial charge in [0.2, 0.25) is 0 Å². The fraction of sp³-hybridized carbons (Fsp3) is 0.600. The third-order valence-electron chi connectivity index (χ3n) is 3.67. The second kappa shape index (κ2) is 6.60. The molecule has 1 rings (SSSR count). The van der Waals surface area contributed by atoms with Gasteiger partial charge in [-0.3, -0.25) is 0 Å². The molecule has 3 nitrogen and oxygen atoms in total. The average Bonchev–Trinajstić information content (AvgIpc) is 2.35. The summed E-state index contributed by atoms with van der Waals surface area (Å²) in [6.45, 7) is 6.99. The minimum Gasteiger partial charge on any atom is -0.492 e. The summed E-state index contributed by atoms with van der Waals surface area (Å²) in [7, 11) is 6.02. The minimum absolute atomic E-state index is 0.0105. The van der Waals surface area contributed by atoms with Gasteiger partial charge < -0.3 is 15.0 Å². The zero-order valence-electron chi connectivity index (χ0n) is 12.7. The highest BCUT2D eigenvalue weighted by Gasteiger charge is 2.21. The predicted molar refractivity (Wildman–Crippen MR) is 82.2 cm³/mol. The minimum atomic E-state index is -0.0105. The van der Waals surface area contributed by atoms with Crippen LogP contribution in [0.15, 0.2) is 18.2 Å². The van der Waals surface area contributed by atoms with E-state index >= 15 is 0 Å². The van der Waals surface area contributed by atoms with E-state index < -0.39 is 0 Å². The Balaban J connectivity index is 2.74. The molecule has 108 valence electrons. The monoisotopic (exact) mass is 284 g/mol. The molecule has 1 N–H and O–H groups in total. The molecule has 0 amide bonds. The van der Waals surface area contributed by atoms with Gasteiger partial charge in [0, 0.05) is 16.6 Å². The summed E-state index contributed by atoms with van der Waals surface area (Å²) in [6.07, 6.45) is 0. The molecule has 0 aliphatic carbocycles. The Kier molecular flexibility index (Phi) is 5.65. The van der Waals surface area contributed by atoms with Crippen molar-refractivity contribution in [2.45, 2.75) is 32.4 Å². The summed E-state index contributed by atoms with van der Waals surface area (Å²) in [6, 6.07) is 6.11. The Labute approximate surface area is 121 Å². The highest BCUT2D eigenvalue weighted by molar-refractivity contribution is 6.31. The molecule has 0 aromatic heterocycles. The number of hydrogen-bond donors (Lipinski definition) is 1. The van der Waals surface area contributed by atoms with E-state index in [4.69, 9.17) is 16.3 Å². The summed E-state index contributed by atoms with van der Waals surface area (Å²) in [5.41, 5.74) is 1.08. The molecule has 19 heavy (non-hydrogen) atoms. The zero-order chi connectivity index (χ0) is 14.6. The molecule has 1 atom stereocenters. The Morgan fingerprint density at radius 2 is 2.00 bits per heavy atom. The van der Waals surface area contributed by atoms with Gasteiger partial charge in [0.1, 0.15) is 12.4 Å². The van der Waals surface area contributed by atoms with Crippen molar-refractivity contribution in [1.82, 2.24) is 10.2 Å². The second-order valence-corrected chi connectivity index (χ2v) is 6.10. The van der Waals surface area contributed by atoms with Gasteiger partial charge in [0.25, 0.3) is 0 Å². The van der Waals surface area contributed by atoms with Crippen LogP contribution in [0.4, 0.5) is 0 Å². The normalized spacial score (nSPS) is 13.7. The van der Waals surface area contributed by atoms with Crippen LogP contribution in [0.5, 0.6) is 5.75 Å². The molecule has 4 heteroatoms. The number of ether oxygens (including phenoxy) is 1. The van der Waals surface area contributed by atoms with Crippen LogP contribution < -0.4 is 10.1 Å². The van der Waals surface area contributed by atoms with Crippen molar-refractivity contribution in [3.8, 4) is 5.75 Å². The lowest BCUT2D eigenvalue weighted by Crippen LogP contribution is -2.43. The molecular weight excluding hydrogens is 260 g/mol. The molecule has 1 aromatic rings. The van der Waals surface area contributed by atoms with E-state index in [2.05, 4.69) is 31.0 Å². The van der Waals surface area contributed by atoms with Crippen LogP contribution in [0.2, 0.25) is 5.02 Å². The van der Waals surface area contributed by atoms with E-state index in [0.717, 1.165) is 16.3 Å². The first-order valence-corrected chi connectivity index (χ1v) is 6.92. The van der Waals surface area contributed by atoms with Crippen molar-refractivity contribution < 1.29 is 4.74 Å². The second-order valence-electron chi connectivity index (χ2n) is 5.69. The Bertz CT molecular complexity index is 419. The molecular formula is C15H25ClN2O. The molecule has 0 fully saturated rings. The van der Waals surface area contributed by atoms with Gasteiger partial charge in [-0.2, -0.15) is 0 Å². The van der Waals surface area contributed by atoms with Gasteiger partial charge in [-0.15, -0.1) is 0 Å². The van der Waals surface area contributed by atoms with Crippen molar-refractivity contribution in [1.29, 1.82) is 0 Å². The molecule has 0 bridgehead atoms. The topological polar surface area (TPSA) is 24.5 Å². The van der Waals surface area contributed by atoms with Gasteiger partial charge in [0.15, 0.2) is 0 Å². The number of nitrogens with zero attached hydrogens (tertiary/aromatic N) is 1. The Morgan fingerprint density at radius 1 is 1.37 bits per heavy atom. The first kappa shape index (κ1) is 16.3. The van der Waals surface area contributed by atoms with Crippen LogP contribution >= 0.6 is 11.6 Å². The summed E-state index contributed by atoms with van der Waals surface area (Å²) in [4.78, 5) is 2.14. The van der Waals surface area contributed by atoms with E-state index in [9.17, 15) is 0 Å². The maximum atomic E-state index is 6.29. The third kappa shape index (κ3) is 4.37. The van der Waals surface area contributed by atoms with Gasteiger partial charge in [-0.1, -0.05) is 17.7 Å². The fourth-order valence-electron chi connectivity index (χ4n) is 1.49. The Hall–Kier alpha value is -0.770. The quantitative estimate of drug-likeness (QED) is 0.867. The largest absolute Gasteiger partial charge is 0.492 e. The van der Waals surface area contributed by atoms with Crippen molar-refractivity contribution in [2.24, 2.45) is 0 Å². The zero-order valence-corrected chi connectivity index (χ0v) is 13.5. The number of halogens is 1. The summed E-state index contributed by atoms with van der Waals surface area (Å²) in [5.74, 6) is 0.812. The molecule has 0 heterocycles. The molecule has 0 saturated heterocycles. The van der Waals surface area contributed by atoms with Crippen LogP contribution in [0.25, 0.3) is 0 Å². The van der Waals surface area contributed by atoms with Gasteiger partial charge >= 0.3 is 0 Å². The molecule has 0 radical (unpaired) electrons. The molecule has 1 unspecified atom stereocenters. The third-order valence-corrected chi connectivity index (χ3v) is 4.00. The molecule has 0 saturated carbocycles. The van der Waals surface area contributed by atoms with E-state index in [1.165, 1.54) is 0 Å². The van der Waals surface area contributed by atoms with Crippen molar-refractivity contribution in [3.63, 3.8) is 0 Å². The van der Waals surface area contributed by atoms with Crippen LogP contribution in [-0.2, 0) is 0 Å². The van der Waals surface area contributed by atoms with Crippen LogP contribution in [-0.4, -0.2) is 38.2 Å². The van der Waals surface area contributed by atoms with Crippen LogP contribution in [0.3, 0.4) is 0 Å². The number of rotatable bonds is 6. The van der Waals surface area contributed by atoms with Crippen molar-refractivity contribution in [3.05, 3.63) is 28.8 Å². The van der Waals surface area contributed by atoms with Gasteiger partial charge in [0.05, 0.1) is 0 Å². The lowest BCUT2D eigenvalue weighted by atomic mass is 10.1. The van der Waals surface area contributed by atoms with Crippen LogP contribution in [0, 0.1) is 0 Å². The maximum Gasteiger partial charge on any atom is 0.120 e. The number of benzene rings is 1. The lowest BCUT2D eigenvalue weighted by Gasteiger charge is -2.32. The molecule has 0 aliphatic rings. The van der Waals surface area contributed by atoms with Gasteiger partial charge in [-0.25, -0.2) is 0 Å². The number of nitrogens with one attached hydrogen (secondary N) is 1.